The monoisotopic (exact) mass is 270 g/mol. The minimum atomic E-state index is 0.955. The second-order valence-electron chi connectivity index (χ2n) is 3.29. The zero-order valence-electron chi connectivity index (χ0n) is 8.35. The Kier molecular flexibility index (Phi) is 2.54. The minimum Gasteiger partial charge on any atom is -0.496 e. The third-order valence-electron chi connectivity index (χ3n) is 2.31. The zero-order chi connectivity index (χ0) is 10.3. The first-order valence-electron chi connectivity index (χ1n) is 4.36. The van der Waals surface area contributed by atoms with Crippen molar-refractivity contribution in [1.29, 1.82) is 0 Å². The normalized spacial score (nSPS) is 10.9. The molecule has 0 bridgehead atoms. The number of methoxy groups -OCH3 is 1. The third kappa shape index (κ3) is 1.44. The highest BCUT2D eigenvalue weighted by atomic mass is 79.9. The Balaban J connectivity index is 2.80. The molecular formula is C11H11BrOS. The van der Waals surface area contributed by atoms with E-state index in [1.165, 1.54) is 25.0 Å². The van der Waals surface area contributed by atoms with Crippen LogP contribution in [-0.2, 0) is 0 Å². The van der Waals surface area contributed by atoms with Gasteiger partial charge in [0, 0.05) is 19.4 Å². The van der Waals surface area contributed by atoms with Gasteiger partial charge in [0.15, 0.2) is 0 Å². The molecule has 1 heterocycles. The van der Waals surface area contributed by atoms with Crippen molar-refractivity contribution in [2.45, 2.75) is 13.8 Å². The molecule has 0 saturated heterocycles. The lowest BCUT2D eigenvalue weighted by Gasteiger charge is -2.03. The van der Waals surface area contributed by atoms with Gasteiger partial charge in [0.05, 0.1) is 7.11 Å². The molecule has 2 aromatic rings. The Bertz CT molecular complexity index is 487. The second-order valence-corrected chi connectivity index (χ2v) is 5.34. The van der Waals surface area contributed by atoms with Gasteiger partial charge in [-0.25, -0.2) is 0 Å². The first kappa shape index (κ1) is 9.99. The average molecular weight is 271 g/mol. The number of fused-ring (bicyclic) bond motifs is 1. The molecule has 0 amide bonds. The summed E-state index contributed by atoms with van der Waals surface area (Å²) < 4.78 is 7.80. The number of thiophene rings is 1. The van der Waals surface area contributed by atoms with Crippen molar-refractivity contribution in [2.75, 3.05) is 7.11 Å². The van der Waals surface area contributed by atoms with Gasteiger partial charge in [-0.15, -0.1) is 11.3 Å². The molecular weight excluding hydrogens is 260 g/mol. The lowest BCUT2D eigenvalue weighted by molar-refractivity contribution is 0.412. The van der Waals surface area contributed by atoms with Crippen LogP contribution in [0.4, 0.5) is 0 Å². The molecule has 0 saturated carbocycles. The molecule has 2 rings (SSSR count). The Labute approximate surface area is 95.8 Å². The molecule has 0 N–H and O–H groups in total. The number of rotatable bonds is 1. The quantitative estimate of drug-likeness (QED) is 0.751. The van der Waals surface area contributed by atoms with E-state index in [9.17, 15) is 0 Å². The summed E-state index contributed by atoms with van der Waals surface area (Å²) in [5.74, 6) is 0.955. The van der Waals surface area contributed by atoms with Gasteiger partial charge in [-0.3, -0.25) is 0 Å². The van der Waals surface area contributed by atoms with E-state index in [1.807, 2.05) is 11.3 Å². The van der Waals surface area contributed by atoms with Crippen LogP contribution in [0, 0.1) is 13.8 Å². The van der Waals surface area contributed by atoms with Gasteiger partial charge in [-0.05, 0) is 47.5 Å². The van der Waals surface area contributed by atoms with E-state index in [4.69, 9.17) is 4.74 Å². The predicted molar refractivity (Wildman–Crippen MR) is 65.6 cm³/mol. The number of aryl methyl sites for hydroxylation is 2. The summed E-state index contributed by atoms with van der Waals surface area (Å²) in [7, 11) is 1.71. The van der Waals surface area contributed by atoms with Crippen LogP contribution >= 0.6 is 27.3 Å². The van der Waals surface area contributed by atoms with Gasteiger partial charge >= 0.3 is 0 Å². The van der Waals surface area contributed by atoms with Crippen molar-refractivity contribution in [3.05, 3.63) is 27.0 Å². The molecule has 1 nitrogen and oxygen atoms in total. The summed E-state index contributed by atoms with van der Waals surface area (Å²) in [5, 5.41) is 1.25. The van der Waals surface area contributed by atoms with E-state index in [1.54, 1.807) is 7.11 Å². The smallest absolute Gasteiger partial charge is 0.122 e. The van der Waals surface area contributed by atoms with E-state index in [0.29, 0.717) is 0 Å². The van der Waals surface area contributed by atoms with E-state index in [-0.39, 0.29) is 0 Å². The zero-order valence-corrected chi connectivity index (χ0v) is 10.8. The van der Waals surface area contributed by atoms with E-state index >= 15 is 0 Å². The van der Waals surface area contributed by atoms with Crippen LogP contribution in [-0.4, -0.2) is 7.11 Å². The second kappa shape index (κ2) is 3.55. The summed E-state index contributed by atoms with van der Waals surface area (Å²) in [6, 6.07) is 4.27. The van der Waals surface area contributed by atoms with Crippen molar-refractivity contribution < 1.29 is 4.74 Å². The Morgan fingerprint density at radius 1 is 1.29 bits per heavy atom. The predicted octanol–water partition coefficient (Wildman–Crippen LogP) is 4.29. The van der Waals surface area contributed by atoms with Crippen molar-refractivity contribution in [1.82, 2.24) is 0 Å². The Hall–Kier alpha value is -0.540. The molecule has 0 aliphatic heterocycles. The van der Waals surface area contributed by atoms with Crippen LogP contribution in [0.5, 0.6) is 5.75 Å². The molecule has 0 spiro atoms. The molecule has 0 aliphatic carbocycles. The maximum Gasteiger partial charge on any atom is 0.122 e. The molecule has 0 unspecified atom stereocenters. The Morgan fingerprint density at radius 2 is 2.00 bits per heavy atom. The van der Waals surface area contributed by atoms with Gasteiger partial charge in [0.25, 0.3) is 0 Å². The van der Waals surface area contributed by atoms with Crippen molar-refractivity contribution in [3.8, 4) is 5.75 Å². The summed E-state index contributed by atoms with van der Waals surface area (Å²) in [6.45, 7) is 4.19. The SMILES string of the molecule is COc1cc2c(Br)c(C)sc2cc1C. The van der Waals surface area contributed by atoms with Crippen molar-refractivity contribution >= 4 is 37.4 Å². The van der Waals surface area contributed by atoms with Gasteiger partial charge < -0.3 is 4.74 Å². The molecule has 0 fully saturated rings. The first-order valence-corrected chi connectivity index (χ1v) is 5.97. The van der Waals surface area contributed by atoms with E-state index in [0.717, 1.165) is 5.75 Å². The van der Waals surface area contributed by atoms with Crippen LogP contribution in [0.15, 0.2) is 16.6 Å². The highest BCUT2D eigenvalue weighted by Crippen LogP contribution is 2.38. The van der Waals surface area contributed by atoms with E-state index < -0.39 is 0 Å². The molecule has 14 heavy (non-hydrogen) atoms. The molecule has 0 atom stereocenters. The largest absolute Gasteiger partial charge is 0.496 e. The third-order valence-corrected chi connectivity index (χ3v) is 4.66. The number of halogens is 1. The molecule has 1 aromatic carbocycles. The van der Waals surface area contributed by atoms with Crippen LogP contribution < -0.4 is 4.74 Å². The lowest BCUT2D eigenvalue weighted by Crippen LogP contribution is -1.85. The van der Waals surface area contributed by atoms with Gasteiger partial charge in [-0.1, -0.05) is 0 Å². The molecule has 1 aromatic heterocycles. The van der Waals surface area contributed by atoms with E-state index in [2.05, 4.69) is 41.9 Å². The molecule has 74 valence electrons. The average Bonchev–Trinajstić information content (AvgIpc) is 2.41. The van der Waals surface area contributed by atoms with Crippen molar-refractivity contribution in [3.63, 3.8) is 0 Å². The minimum absolute atomic E-state index is 0.955. The summed E-state index contributed by atoms with van der Waals surface area (Å²) in [5.41, 5.74) is 1.19. The molecule has 0 radical (unpaired) electrons. The number of benzene rings is 1. The number of hydrogen-bond donors (Lipinski definition) is 0. The lowest BCUT2D eigenvalue weighted by atomic mass is 10.2. The highest BCUT2D eigenvalue weighted by molar-refractivity contribution is 9.10. The van der Waals surface area contributed by atoms with Crippen LogP contribution in [0.3, 0.4) is 0 Å². The fourth-order valence-electron chi connectivity index (χ4n) is 1.54. The van der Waals surface area contributed by atoms with Gasteiger partial charge in [0.1, 0.15) is 5.75 Å². The standard InChI is InChI=1S/C11H11BrOS/c1-6-4-10-8(5-9(6)13-3)11(12)7(2)14-10/h4-5H,1-3H3. The summed E-state index contributed by atoms with van der Waals surface area (Å²) in [4.78, 5) is 1.31. The van der Waals surface area contributed by atoms with Crippen LogP contribution in [0.2, 0.25) is 0 Å². The summed E-state index contributed by atoms with van der Waals surface area (Å²) >= 11 is 5.40. The fourth-order valence-corrected chi connectivity index (χ4v) is 3.28. The Morgan fingerprint density at radius 3 is 2.64 bits per heavy atom. The maximum absolute atomic E-state index is 5.30. The molecule has 0 aliphatic rings. The van der Waals surface area contributed by atoms with Gasteiger partial charge in [-0.2, -0.15) is 0 Å². The maximum atomic E-state index is 5.30. The van der Waals surface area contributed by atoms with Gasteiger partial charge in [0.2, 0.25) is 0 Å². The first-order chi connectivity index (χ1) is 6.63. The fraction of sp³-hybridized carbons (Fsp3) is 0.273. The highest BCUT2D eigenvalue weighted by Gasteiger charge is 2.09. The molecule has 3 heteroatoms. The van der Waals surface area contributed by atoms with Crippen LogP contribution in [0.25, 0.3) is 10.1 Å². The number of hydrogen-bond acceptors (Lipinski definition) is 2. The number of ether oxygens (including phenoxy) is 1. The summed E-state index contributed by atoms with van der Waals surface area (Å²) in [6.07, 6.45) is 0. The van der Waals surface area contributed by atoms with Crippen molar-refractivity contribution in [2.24, 2.45) is 0 Å². The topological polar surface area (TPSA) is 9.23 Å². The van der Waals surface area contributed by atoms with Crippen LogP contribution in [0.1, 0.15) is 10.4 Å².